The summed E-state index contributed by atoms with van der Waals surface area (Å²) in [6.45, 7) is 0. The van der Waals surface area contributed by atoms with Gasteiger partial charge in [-0.25, -0.2) is 0 Å². The molecule has 4 fully saturated rings. The summed E-state index contributed by atoms with van der Waals surface area (Å²) in [7, 11) is 0. The highest BCUT2D eigenvalue weighted by Gasteiger charge is 2.61. The van der Waals surface area contributed by atoms with Crippen molar-refractivity contribution in [3.8, 4) is 22.3 Å². The molecule has 4 saturated carbocycles. The predicted octanol–water partition coefficient (Wildman–Crippen LogP) is 12.9. The normalized spacial score (nSPS) is 24.4. The molecule has 0 aromatic heterocycles. The van der Waals surface area contributed by atoms with Crippen molar-refractivity contribution in [1.29, 1.82) is 0 Å². The maximum Gasteiger partial charge on any atom is 0.0540 e. The Morgan fingerprint density at radius 3 is 1.88 bits per heavy atom. The van der Waals surface area contributed by atoms with Crippen LogP contribution in [0, 0.1) is 23.7 Å². The average molecular weight is 630 g/mol. The molecule has 0 radical (unpaired) electrons. The Labute approximate surface area is 288 Å². The van der Waals surface area contributed by atoms with Crippen LogP contribution in [0.15, 0.2) is 152 Å². The molecular weight excluding hydrogens is 591 g/mol. The van der Waals surface area contributed by atoms with E-state index in [0.717, 1.165) is 23.7 Å². The molecule has 0 heterocycles. The van der Waals surface area contributed by atoms with E-state index in [-0.39, 0.29) is 5.41 Å². The molecule has 0 amide bonds. The SMILES string of the molecule is c1ccc2c(c1)-c1ccc(N(c3ccc(-c4ccc5ccccc5c4)cc3)c3cccc4ccccc34)cc1C21C2CC3CC(C2)CC1C3. The maximum absolute atomic E-state index is 2.62. The van der Waals surface area contributed by atoms with Crippen molar-refractivity contribution in [1.82, 2.24) is 0 Å². The minimum Gasteiger partial charge on any atom is -0.310 e. The van der Waals surface area contributed by atoms with Crippen LogP contribution in [0.4, 0.5) is 17.1 Å². The zero-order valence-electron chi connectivity index (χ0n) is 27.7. The second-order valence-corrected chi connectivity index (χ2v) is 15.4. The highest BCUT2D eigenvalue weighted by Crippen LogP contribution is 2.69. The van der Waals surface area contributed by atoms with Gasteiger partial charge in [0.05, 0.1) is 5.69 Å². The summed E-state index contributed by atoms with van der Waals surface area (Å²) in [5.74, 6) is 3.35. The van der Waals surface area contributed by atoms with Crippen molar-refractivity contribution >= 4 is 38.6 Å². The summed E-state index contributed by atoms with van der Waals surface area (Å²) >= 11 is 0. The third kappa shape index (κ3) is 3.99. The topological polar surface area (TPSA) is 3.24 Å². The summed E-state index contributed by atoms with van der Waals surface area (Å²) in [5, 5.41) is 5.10. The van der Waals surface area contributed by atoms with Crippen molar-refractivity contribution in [3.05, 3.63) is 163 Å². The Morgan fingerprint density at radius 2 is 1.06 bits per heavy atom. The number of fused-ring (bicyclic) bond motifs is 5. The summed E-state index contributed by atoms with van der Waals surface area (Å²) in [5.41, 5.74) is 12.5. The minimum absolute atomic E-state index is 0.139. The Balaban J connectivity index is 1.09. The van der Waals surface area contributed by atoms with Crippen molar-refractivity contribution in [2.45, 2.75) is 37.5 Å². The number of anilines is 3. The lowest BCUT2D eigenvalue weighted by Crippen LogP contribution is -2.55. The molecule has 1 spiro atoms. The number of hydrogen-bond acceptors (Lipinski definition) is 1. The molecule has 12 rings (SSSR count). The van der Waals surface area contributed by atoms with Gasteiger partial charge >= 0.3 is 0 Å². The molecule has 1 heteroatoms. The minimum atomic E-state index is 0.139. The zero-order valence-corrected chi connectivity index (χ0v) is 27.7. The molecule has 0 N–H and O–H groups in total. The number of nitrogens with zero attached hydrogens (tertiary/aromatic N) is 1. The molecule has 0 atom stereocenters. The van der Waals surface area contributed by atoms with E-state index in [1.165, 1.54) is 93.0 Å². The van der Waals surface area contributed by atoms with Crippen LogP contribution in [-0.4, -0.2) is 0 Å². The fourth-order valence-corrected chi connectivity index (χ4v) is 11.3. The van der Waals surface area contributed by atoms with Gasteiger partial charge in [0.25, 0.3) is 0 Å². The Bertz CT molecular complexity index is 2380. The highest BCUT2D eigenvalue weighted by molar-refractivity contribution is 5.99. The van der Waals surface area contributed by atoms with Gasteiger partial charge in [-0.3, -0.25) is 0 Å². The Hall–Kier alpha value is -5.14. The summed E-state index contributed by atoms with van der Waals surface area (Å²) in [6.07, 6.45) is 7.06. The standard InChI is InChI=1S/C48H39N/c1-2-10-36-29-37(17-16-33(36)8-1)34-18-20-40(21-19-34)49(47-15-7-11-35-9-3-4-12-42(35)47)41-22-23-44-43-13-5-6-14-45(43)48(46(44)30-41)38-25-31-24-32(27-38)28-39(48)26-31/h1-23,29-32,38-39H,24-28H2. The second-order valence-electron chi connectivity index (χ2n) is 15.4. The summed E-state index contributed by atoms with van der Waals surface area (Å²) < 4.78 is 0. The quantitative estimate of drug-likeness (QED) is 0.187. The first-order valence-corrected chi connectivity index (χ1v) is 18.4. The van der Waals surface area contributed by atoms with Crippen LogP contribution in [-0.2, 0) is 5.41 Å². The molecule has 4 bridgehead atoms. The average Bonchev–Trinajstić information content (AvgIpc) is 3.44. The van der Waals surface area contributed by atoms with E-state index in [2.05, 4.69) is 157 Å². The van der Waals surface area contributed by atoms with Gasteiger partial charge in [0.1, 0.15) is 0 Å². The number of benzene rings is 7. The van der Waals surface area contributed by atoms with E-state index < -0.39 is 0 Å². The van der Waals surface area contributed by atoms with E-state index in [1.807, 2.05) is 0 Å². The van der Waals surface area contributed by atoms with E-state index in [9.17, 15) is 0 Å². The lowest BCUT2D eigenvalue weighted by atomic mass is 9.43. The van der Waals surface area contributed by atoms with Gasteiger partial charge in [0.2, 0.25) is 0 Å². The van der Waals surface area contributed by atoms with Crippen molar-refractivity contribution in [2.75, 3.05) is 4.90 Å². The van der Waals surface area contributed by atoms with E-state index in [1.54, 1.807) is 11.1 Å². The van der Waals surface area contributed by atoms with Crippen molar-refractivity contribution in [2.24, 2.45) is 23.7 Å². The molecular formula is C48H39N. The Kier molecular flexibility index (Phi) is 5.91. The predicted molar refractivity (Wildman–Crippen MR) is 205 cm³/mol. The van der Waals surface area contributed by atoms with Gasteiger partial charge in [0.15, 0.2) is 0 Å². The van der Waals surface area contributed by atoms with Gasteiger partial charge in [-0.2, -0.15) is 0 Å². The Morgan fingerprint density at radius 1 is 0.429 bits per heavy atom. The fourth-order valence-electron chi connectivity index (χ4n) is 11.3. The highest BCUT2D eigenvalue weighted by atomic mass is 15.1. The van der Waals surface area contributed by atoms with Gasteiger partial charge in [-0.05, 0) is 142 Å². The first kappa shape index (κ1) is 27.8. The largest absolute Gasteiger partial charge is 0.310 e. The van der Waals surface area contributed by atoms with Gasteiger partial charge in [0, 0.05) is 22.2 Å². The lowest BCUT2D eigenvalue weighted by Gasteiger charge is -2.61. The molecule has 0 saturated heterocycles. The molecule has 0 aliphatic heterocycles. The molecule has 5 aliphatic carbocycles. The van der Waals surface area contributed by atoms with Gasteiger partial charge < -0.3 is 4.90 Å². The van der Waals surface area contributed by atoms with E-state index in [0.29, 0.717) is 0 Å². The number of rotatable bonds is 4. The molecule has 7 aromatic rings. The summed E-state index contributed by atoms with van der Waals surface area (Å²) in [4.78, 5) is 2.53. The van der Waals surface area contributed by atoms with Crippen LogP contribution >= 0.6 is 0 Å². The monoisotopic (exact) mass is 629 g/mol. The van der Waals surface area contributed by atoms with Gasteiger partial charge in [-0.1, -0.05) is 115 Å². The smallest absolute Gasteiger partial charge is 0.0540 e. The van der Waals surface area contributed by atoms with Crippen molar-refractivity contribution in [3.63, 3.8) is 0 Å². The van der Waals surface area contributed by atoms with Crippen LogP contribution in [0.2, 0.25) is 0 Å². The molecule has 0 unspecified atom stereocenters. The van der Waals surface area contributed by atoms with Gasteiger partial charge in [-0.15, -0.1) is 0 Å². The van der Waals surface area contributed by atoms with Crippen LogP contribution < -0.4 is 4.90 Å². The first-order valence-electron chi connectivity index (χ1n) is 18.4. The molecule has 1 nitrogen and oxygen atoms in total. The third-order valence-electron chi connectivity index (χ3n) is 13.0. The molecule has 49 heavy (non-hydrogen) atoms. The maximum atomic E-state index is 2.62. The lowest BCUT2D eigenvalue weighted by molar-refractivity contribution is -0.0399. The van der Waals surface area contributed by atoms with Crippen LogP contribution in [0.5, 0.6) is 0 Å². The van der Waals surface area contributed by atoms with Crippen LogP contribution in [0.25, 0.3) is 43.8 Å². The molecule has 5 aliphatic rings. The van der Waals surface area contributed by atoms with Crippen LogP contribution in [0.1, 0.15) is 43.2 Å². The summed E-state index contributed by atoms with van der Waals surface area (Å²) in [6, 6.07) is 57.2. The van der Waals surface area contributed by atoms with E-state index in [4.69, 9.17) is 0 Å². The fraction of sp³-hybridized carbons (Fsp3) is 0.208. The van der Waals surface area contributed by atoms with Crippen molar-refractivity contribution < 1.29 is 0 Å². The molecule has 7 aromatic carbocycles. The van der Waals surface area contributed by atoms with Crippen LogP contribution in [0.3, 0.4) is 0 Å². The number of hydrogen-bond donors (Lipinski definition) is 0. The second kappa shape index (κ2) is 10.4. The van der Waals surface area contributed by atoms with E-state index >= 15 is 0 Å². The third-order valence-corrected chi connectivity index (χ3v) is 13.0. The zero-order chi connectivity index (χ0) is 32.1. The molecule has 236 valence electrons. The first-order chi connectivity index (χ1) is 24.2.